The zero-order chi connectivity index (χ0) is 12.7. The minimum Gasteiger partial charge on any atom is -0.453 e. The van der Waals surface area contributed by atoms with E-state index in [4.69, 9.17) is 9.15 Å². The van der Waals surface area contributed by atoms with Crippen LogP contribution in [0.4, 0.5) is 0 Å². The van der Waals surface area contributed by atoms with Gasteiger partial charge in [0.1, 0.15) is 11.7 Å². The molecule has 94 valence electrons. The van der Waals surface area contributed by atoms with Crippen molar-refractivity contribution in [3.8, 4) is 0 Å². The summed E-state index contributed by atoms with van der Waals surface area (Å²) in [5.74, 6) is 0.383. The number of fused-ring (bicyclic) bond motifs is 1. The van der Waals surface area contributed by atoms with Gasteiger partial charge in [-0.1, -0.05) is 18.2 Å². The van der Waals surface area contributed by atoms with Crippen molar-refractivity contribution in [2.75, 3.05) is 0 Å². The lowest BCUT2D eigenvalue weighted by molar-refractivity contribution is 0.0413. The maximum absolute atomic E-state index is 12.3. The summed E-state index contributed by atoms with van der Waals surface area (Å²) in [5.41, 5.74) is 1.85. The van der Waals surface area contributed by atoms with Crippen LogP contribution in [0.5, 0.6) is 0 Å². The van der Waals surface area contributed by atoms with Crippen molar-refractivity contribution in [2.45, 2.75) is 38.9 Å². The molecule has 3 heteroatoms. The van der Waals surface area contributed by atoms with Gasteiger partial charge in [0.05, 0.1) is 6.10 Å². The molecule has 3 rings (SSSR count). The van der Waals surface area contributed by atoms with Gasteiger partial charge in [-0.25, -0.2) is 0 Å². The number of Topliss-reactive ketones (excluding diaryl/α,β-unsaturated/α-hetero) is 1. The SMILES string of the molecule is Cc1cccc2cc(C(=O)C3CCC(C)O3)oc12. The average Bonchev–Trinajstić information content (AvgIpc) is 2.95. The maximum Gasteiger partial charge on any atom is 0.226 e. The van der Waals surface area contributed by atoms with Crippen molar-refractivity contribution in [2.24, 2.45) is 0 Å². The number of ether oxygens (including phenoxy) is 1. The van der Waals surface area contributed by atoms with Crippen molar-refractivity contribution in [1.29, 1.82) is 0 Å². The van der Waals surface area contributed by atoms with Gasteiger partial charge in [0, 0.05) is 5.39 Å². The van der Waals surface area contributed by atoms with Gasteiger partial charge in [-0.3, -0.25) is 4.79 Å². The van der Waals surface area contributed by atoms with Gasteiger partial charge >= 0.3 is 0 Å². The highest BCUT2D eigenvalue weighted by Crippen LogP contribution is 2.27. The quantitative estimate of drug-likeness (QED) is 0.759. The lowest BCUT2D eigenvalue weighted by Gasteiger charge is -2.07. The average molecular weight is 244 g/mol. The molecule has 1 aromatic carbocycles. The van der Waals surface area contributed by atoms with E-state index >= 15 is 0 Å². The minimum absolute atomic E-state index is 0.0325. The highest BCUT2D eigenvalue weighted by Gasteiger charge is 2.30. The van der Waals surface area contributed by atoms with Gasteiger partial charge in [-0.05, 0) is 38.3 Å². The number of carbonyl (C=O) groups excluding carboxylic acids is 1. The smallest absolute Gasteiger partial charge is 0.226 e. The molecule has 1 aliphatic heterocycles. The Morgan fingerprint density at radius 1 is 1.33 bits per heavy atom. The zero-order valence-corrected chi connectivity index (χ0v) is 10.6. The Hall–Kier alpha value is -1.61. The molecule has 0 bridgehead atoms. The fourth-order valence-corrected chi connectivity index (χ4v) is 2.48. The number of aryl methyl sites for hydroxylation is 1. The number of ketones is 1. The van der Waals surface area contributed by atoms with E-state index in [0.29, 0.717) is 5.76 Å². The molecular weight excluding hydrogens is 228 g/mol. The number of para-hydroxylation sites is 1. The molecule has 2 aromatic rings. The number of hydrogen-bond acceptors (Lipinski definition) is 3. The van der Waals surface area contributed by atoms with Crippen LogP contribution in [0.1, 0.15) is 35.9 Å². The lowest BCUT2D eigenvalue weighted by atomic mass is 10.1. The molecular formula is C15H16O3. The van der Waals surface area contributed by atoms with E-state index in [-0.39, 0.29) is 18.0 Å². The van der Waals surface area contributed by atoms with E-state index < -0.39 is 0 Å². The second kappa shape index (κ2) is 4.25. The number of carbonyl (C=O) groups is 1. The van der Waals surface area contributed by atoms with Crippen molar-refractivity contribution < 1.29 is 13.9 Å². The monoisotopic (exact) mass is 244 g/mol. The Kier molecular flexibility index (Phi) is 2.71. The molecule has 1 saturated heterocycles. The molecule has 0 saturated carbocycles. The van der Waals surface area contributed by atoms with Gasteiger partial charge in [-0.15, -0.1) is 0 Å². The molecule has 2 unspecified atom stereocenters. The van der Waals surface area contributed by atoms with Crippen molar-refractivity contribution in [1.82, 2.24) is 0 Å². The Balaban J connectivity index is 1.95. The van der Waals surface area contributed by atoms with Gasteiger partial charge < -0.3 is 9.15 Å². The fraction of sp³-hybridized carbons (Fsp3) is 0.400. The third kappa shape index (κ3) is 1.85. The number of furan rings is 1. The van der Waals surface area contributed by atoms with Crippen LogP contribution in [0, 0.1) is 6.92 Å². The normalized spacial score (nSPS) is 23.7. The highest BCUT2D eigenvalue weighted by molar-refractivity contribution is 6.00. The number of benzene rings is 1. The van der Waals surface area contributed by atoms with E-state index in [2.05, 4.69) is 0 Å². The molecule has 1 aliphatic rings. The first kappa shape index (κ1) is 11.5. The topological polar surface area (TPSA) is 39.4 Å². The molecule has 0 aliphatic carbocycles. The van der Waals surface area contributed by atoms with E-state index in [9.17, 15) is 4.79 Å². The lowest BCUT2D eigenvalue weighted by Crippen LogP contribution is -2.20. The molecule has 0 spiro atoms. The van der Waals surface area contributed by atoms with E-state index in [0.717, 1.165) is 29.4 Å². The van der Waals surface area contributed by atoms with Crippen LogP contribution < -0.4 is 0 Å². The van der Waals surface area contributed by atoms with Crippen LogP contribution in [-0.2, 0) is 4.74 Å². The van der Waals surface area contributed by atoms with Crippen molar-refractivity contribution in [3.05, 3.63) is 35.6 Å². The van der Waals surface area contributed by atoms with E-state index in [1.807, 2.05) is 38.1 Å². The standard InChI is InChI=1S/C15H16O3/c1-9-4-3-5-11-8-13(18-15(9)11)14(16)12-7-6-10(2)17-12/h3-5,8,10,12H,6-7H2,1-2H3. The Morgan fingerprint density at radius 3 is 2.83 bits per heavy atom. The summed E-state index contributed by atoms with van der Waals surface area (Å²) in [6.45, 7) is 3.98. The zero-order valence-electron chi connectivity index (χ0n) is 10.6. The summed E-state index contributed by atoms with van der Waals surface area (Å²) in [7, 11) is 0. The Morgan fingerprint density at radius 2 is 2.17 bits per heavy atom. The van der Waals surface area contributed by atoms with Crippen LogP contribution in [-0.4, -0.2) is 18.0 Å². The van der Waals surface area contributed by atoms with Crippen LogP contribution in [0.25, 0.3) is 11.0 Å². The predicted octanol–water partition coefficient (Wildman–Crippen LogP) is 3.49. The molecule has 2 atom stereocenters. The second-order valence-corrected chi connectivity index (χ2v) is 4.98. The minimum atomic E-state index is -0.333. The molecule has 3 nitrogen and oxygen atoms in total. The molecule has 0 N–H and O–H groups in total. The largest absolute Gasteiger partial charge is 0.453 e. The van der Waals surface area contributed by atoms with Crippen LogP contribution in [0.3, 0.4) is 0 Å². The Bertz CT molecular complexity index is 597. The molecule has 0 radical (unpaired) electrons. The summed E-state index contributed by atoms with van der Waals surface area (Å²) in [6, 6.07) is 7.72. The molecule has 18 heavy (non-hydrogen) atoms. The molecule has 2 heterocycles. The maximum atomic E-state index is 12.3. The summed E-state index contributed by atoms with van der Waals surface area (Å²) in [5, 5.41) is 0.976. The first-order chi connectivity index (χ1) is 8.65. The van der Waals surface area contributed by atoms with E-state index in [1.165, 1.54) is 0 Å². The summed E-state index contributed by atoms with van der Waals surface area (Å²) < 4.78 is 11.3. The first-order valence-electron chi connectivity index (χ1n) is 6.34. The number of hydrogen-bond donors (Lipinski definition) is 0. The predicted molar refractivity (Wildman–Crippen MR) is 68.9 cm³/mol. The second-order valence-electron chi connectivity index (χ2n) is 4.98. The van der Waals surface area contributed by atoms with Crippen LogP contribution >= 0.6 is 0 Å². The third-order valence-corrected chi connectivity index (χ3v) is 3.51. The third-order valence-electron chi connectivity index (χ3n) is 3.51. The van der Waals surface area contributed by atoms with Crippen LogP contribution in [0.15, 0.2) is 28.7 Å². The molecule has 1 fully saturated rings. The first-order valence-corrected chi connectivity index (χ1v) is 6.34. The van der Waals surface area contributed by atoms with E-state index in [1.54, 1.807) is 0 Å². The number of rotatable bonds is 2. The summed E-state index contributed by atoms with van der Waals surface area (Å²) in [4.78, 5) is 12.3. The summed E-state index contributed by atoms with van der Waals surface area (Å²) >= 11 is 0. The summed E-state index contributed by atoms with van der Waals surface area (Å²) in [6.07, 6.45) is 1.57. The van der Waals surface area contributed by atoms with Gasteiger partial charge in [0.25, 0.3) is 0 Å². The van der Waals surface area contributed by atoms with Crippen LogP contribution in [0.2, 0.25) is 0 Å². The van der Waals surface area contributed by atoms with Gasteiger partial charge in [0.2, 0.25) is 5.78 Å². The van der Waals surface area contributed by atoms with Gasteiger partial charge in [-0.2, -0.15) is 0 Å². The molecule has 1 aromatic heterocycles. The van der Waals surface area contributed by atoms with Gasteiger partial charge in [0.15, 0.2) is 5.76 Å². The van der Waals surface area contributed by atoms with Crippen molar-refractivity contribution in [3.63, 3.8) is 0 Å². The fourth-order valence-electron chi connectivity index (χ4n) is 2.48. The van der Waals surface area contributed by atoms with Crippen molar-refractivity contribution >= 4 is 16.8 Å². The molecule has 0 amide bonds. The Labute approximate surface area is 106 Å². The highest BCUT2D eigenvalue weighted by atomic mass is 16.5.